The second-order valence-electron chi connectivity index (χ2n) is 13.1. The molecule has 0 bridgehead atoms. The van der Waals surface area contributed by atoms with E-state index >= 15 is 0 Å². The van der Waals surface area contributed by atoms with Crippen molar-refractivity contribution in [2.24, 2.45) is 0 Å². The van der Waals surface area contributed by atoms with E-state index in [0.29, 0.717) is 47.7 Å². The summed E-state index contributed by atoms with van der Waals surface area (Å²) in [6.45, 7) is 4.26. The molecule has 1 saturated heterocycles. The number of nitrogens with zero attached hydrogens (tertiary/aromatic N) is 4. The maximum atomic E-state index is 6.21. The van der Waals surface area contributed by atoms with Gasteiger partial charge in [0.25, 0.3) is 0 Å². The zero-order valence-electron chi connectivity index (χ0n) is 31.7. The number of anilines is 2. The Balaban J connectivity index is 1.02. The van der Waals surface area contributed by atoms with E-state index in [-0.39, 0.29) is 0 Å². The van der Waals surface area contributed by atoms with Crippen LogP contribution < -0.4 is 38.2 Å². The van der Waals surface area contributed by atoms with Crippen LogP contribution in [0.3, 0.4) is 0 Å². The maximum Gasteiger partial charge on any atom is 0.203 e. The van der Waals surface area contributed by atoms with E-state index in [0.717, 1.165) is 77.6 Å². The molecule has 7 rings (SSSR count). The van der Waals surface area contributed by atoms with Gasteiger partial charge in [0.15, 0.2) is 23.0 Å². The number of hydrogen-bond donors (Lipinski definition) is 0. The smallest absolute Gasteiger partial charge is 0.203 e. The van der Waals surface area contributed by atoms with Crippen molar-refractivity contribution in [3.05, 3.63) is 133 Å². The van der Waals surface area contributed by atoms with Gasteiger partial charge in [-0.2, -0.15) is 0 Å². The Kier molecular flexibility index (Phi) is 11.8. The molecule has 0 saturated carbocycles. The first kappa shape index (κ1) is 36.9. The molecular formula is C45H46N4O6. The SMILES string of the molecule is COc1cc(-c2ccc(N3CCCN(c4ccc(-c5cc(OC)c(OC)c(OCc6ccccc6)c5)cn4)CC3)nc2)cc(OCc2ccccc2)c1OC. The summed E-state index contributed by atoms with van der Waals surface area (Å²) in [4.78, 5) is 14.5. The van der Waals surface area contributed by atoms with Gasteiger partial charge in [-0.05, 0) is 77.2 Å². The summed E-state index contributed by atoms with van der Waals surface area (Å²) >= 11 is 0. The van der Waals surface area contributed by atoms with E-state index in [2.05, 4.69) is 34.1 Å². The van der Waals surface area contributed by atoms with Gasteiger partial charge in [-0.25, -0.2) is 9.97 Å². The molecule has 2 aromatic heterocycles. The molecule has 0 unspecified atom stereocenters. The molecule has 55 heavy (non-hydrogen) atoms. The van der Waals surface area contributed by atoms with Gasteiger partial charge in [0.1, 0.15) is 24.8 Å². The Bertz CT molecular complexity index is 1990. The average molecular weight is 739 g/mol. The number of pyridine rings is 2. The van der Waals surface area contributed by atoms with Crippen LogP contribution in [-0.2, 0) is 13.2 Å². The molecule has 1 aliphatic heterocycles. The van der Waals surface area contributed by atoms with Crippen molar-refractivity contribution in [1.29, 1.82) is 0 Å². The van der Waals surface area contributed by atoms with Crippen molar-refractivity contribution in [3.63, 3.8) is 0 Å². The number of aromatic nitrogens is 2. The highest BCUT2D eigenvalue weighted by Gasteiger charge is 2.20. The van der Waals surface area contributed by atoms with Gasteiger partial charge < -0.3 is 38.2 Å². The highest BCUT2D eigenvalue weighted by atomic mass is 16.5. The fourth-order valence-corrected chi connectivity index (χ4v) is 6.74. The zero-order valence-corrected chi connectivity index (χ0v) is 31.7. The Hall–Kier alpha value is -6.42. The Morgan fingerprint density at radius 2 is 0.873 bits per heavy atom. The number of benzene rings is 4. The van der Waals surface area contributed by atoms with Gasteiger partial charge in [-0.1, -0.05) is 60.7 Å². The van der Waals surface area contributed by atoms with Gasteiger partial charge in [0, 0.05) is 49.7 Å². The lowest BCUT2D eigenvalue weighted by Gasteiger charge is -2.24. The first-order valence-electron chi connectivity index (χ1n) is 18.3. The predicted octanol–water partition coefficient (Wildman–Crippen LogP) is 8.72. The quantitative estimate of drug-likeness (QED) is 0.108. The molecule has 1 fully saturated rings. The standard InChI is InChI=1S/C45H46N4O6/c1-50-38-24-36(26-40(44(38)52-3)54-30-32-12-7-5-8-13-32)34-16-18-42(46-28-34)48-20-11-21-49(23-22-48)43-19-17-35(29-47-43)37-25-39(51-2)45(53-4)41(27-37)55-31-33-14-9-6-10-15-33/h5-10,12-19,24-29H,11,20-23,30-31H2,1-4H3. The minimum Gasteiger partial charge on any atom is -0.493 e. The van der Waals surface area contributed by atoms with Gasteiger partial charge in [-0.3, -0.25) is 0 Å². The van der Waals surface area contributed by atoms with Crippen LogP contribution in [0.1, 0.15) is 17.5 Å². The van der Waals surface area contributed by atoms with Crippen LogP contribution in [0.2, 0.25) is 0 Å². The monoisotopic (exact) mass is 738 g/mol. The summed E-state index contributed by atoms with van der Waals surface area (Å²) in [7, 11) is 6.51. The zero-order chi connectivity index (χ0) is 38.0. The lowest BCUT2D eigenvalue weighted by Crippen LogP contribution is -2.31. The number of methoxy groups -OCH3 is 4. The molecule has 0 radical (unpaired) electrons. The molecule has 3 heterocycles. The normalized spacial score (nSPS) is 12.8. The van der Waals surface area contributed by atoms with Gasteiger partial charge in [-0.15, -0.1) is 0 Å². The van der Waals surface area contributed by atoms with E-state index in [1.165, 1.54) is 0 Å². The van der Waals surface area contributed by atoms with E-state index in [1.54, 1.807) is 28.4 Å². The number of ether oxygens (including phenoxy) is 6. The molecule has 10 nitrogen and oxygen atoms in total. The van der Waals surface area contributed by atoms with Crippen LogP contribution in [0.4, 0.5) is 11.6 Å². The first-order chi connectivity index (χ1) is 27.1. The molecule has 10 heteroatoms. The first-order valence-corrected chi connectivity index (χ1v) is 18.3. The third-order valence-electron chi connectivity index (χ3n) is 9.67. The number of hydrogen-bond acceptors (Lipinski definition) is 10. The Labute approximate surface area is 322 Å². The van der Waals surface area contributed by atoms with E-state index in [4.69, 9.17) is 38.4 Å². The Morgan fingerprint density at radius 1 is 0.455 bits per heavy atom. The largest absolute Gasteiger partial charge is 0.493 e. The molecular weight excluding hydrogens is 693 g/mol. The number of rotatable bonds is 14. The fraction of sp³-hybridized carbons (Fsp3) is 0.244. The third kappa shape index (κ3) is 8.70. The van der Waals surface area contributed by atoms with Crippen LogP contribution >= 0.6 is 0 Å². The van der Waals surface area contributed by atoms with E-state index < -0.39 is 0 Å². The summed E-state index contributed by atoms with van der Waals surface area (Å²) in [6, 6.07) is 36.3. The van der Waals surface area contributed by atoms with Crippen LogP contribution in [0.5, 0.6) is 34.5 Å². The van der Waals surface area contributed by atoms with Crippen LogP contribution in [0.15, 0.2) is 122 Å². The Morgan fingerprint density at radius 3 is 1.24 bits per heavy atom. The molecule has 1 aliphatic rings. The molecule has 0 atom stereocenters. The van der Waals surface area contributed by atoms with Crippen LogP contribution in [-0.4, -0.2) is 64.6 Å². The third-order valence-corrected chi connectivity index (χ3v) is 9.67. The minimum atomic E-state index is 0.413. The average Bonchev–Trinajstić information content (AvgIpc) is 3.51. The van der Waals surface area contributed by atoms with E-state index in [9.17, 15) is 0 Å². The van der Waals surface area contributed by atoms with Crippen LogP contribution in [0.25, 0.3) is 22.3 Å². The van der Waals surface area contributed by atoms with Crippen molar-refractivity contribution >= 4 is 11.6 Å². The summed E-state index contributed by atoms with van der Waals surface area (Å²) < 4.78 is 35.1. The molecule has 282 valence electrons. The van der Waals surface area contributed by atoms with Gasteiger partial charge in [0.05, 0.1) is 28.4 Å². The minimum absolute atomic E-state index is 0.413. The van der Waals surface area contributed by atoms with Crippen molar-refractivity contribution in [2.45, 2.75) is 19.6 Å². The molecule has 0 amide bonds. The summed E-state index contributed by atoms with van der Waals surface area (Å²) in [5.74, 6) is 5.42. The van der Waals surface area contributed by atoms with Gasteiger partial charge >= 0.3 is 0 Å². The summed E-state index contributed by atoms with van der Waals surface area (Å²) in [5.41, 5.74) is 5.91. The van der Waals surface area contributed by atoms with Crippen LogP contribution in [0, 0.1) is 0 Å². The molecule has 0 aliphatic carbocycles. The molecule has 0 N–H and O–H groups in total. The lowest BCUT2D eigenvalue weighted by molar-refractivity contribution is 0.275. The van der Waals surface area contributed by atoms with Crippen molar-refractivity contribution in [3.8, 4) is 56.8 Å². The van der Waals surface area contributed by atoms with Crippen molar-refractivity contribution in [2.75, 3.05) is 64.4 Å². The maximum absolute atomic E-state index is 6.21. The highest BCUT2D eigenvalue weighted by molar-refractivity contribution is 5.72. The molecule has 4 aromatic carbocycles. The lowest BCUT2D eigenvalue weighted by atomic mass is 10.1. The highest BCUT2D eigenvalue weighted by Crippen LogP contribution is 2.43. The molecule has 6 aromatic rings. The topological polar surface area (TPSA) is 87.6 Å². The summed E-state index contributed by atoms with van der Waals surface area (Å²) in [6.07, 6.45) is 4.79. The second-order valence-corrected chi connectivity index (χ2v) is 13.1. The molecule has 0 spiro atoms. The summed E-state index contributed by atoms with van der Waals surface area (Å²) in [5, 5.41) is 0. The van der Waals surface area contributed by atoms with Gasteiger partial charge in [0.2, 0.25) is 11.5 Å². The van der Waals surface area contributed by atoms with Crippen molar-refractivity contribution < 1.29 is 28.4 Å². The second kappa shape index (κ2) is 17.6. The van der Waals surface area contributed by atoms with E-state index in [1.807, 2.05) is 97.3 Å². The fourth-order valence-electron chi connectivity index (χ4n) is 6.74. The van der Waals surface area contributed by atoms with Crippen molar-refractivity contribution in [1.82, 2.24) is 9.97 Å². The predicted molar refractivity (Wildman–Crippen MR) is 216 cm³/mol.